The molecule has 0 radical (unpaired) electrons. The molecule has 1 aliphatic carbocycles. The van der Waals surface area contributed by atoms with Crippen LogP contribution in [0.3, 0.4) is 0 Å². The zero-order valence-electron chi connectivity index (χ0n) is 20.5. The van der Waals surface area contributed by atoms with Crippen molar-refractivity contribution in [3.63, 3.8) is 0 Å². The molecule has 0 aliphatic heterocycles. The van der Waals surface area contributed by atoms with Gasteiger partial charge in [0.05, 0.1) is 29.5 Å². The van der Waals surface area contributed by atoms with E-state index in [4.69, 9.17) is 9.47 Å². The number of nitrogens with one attached hydrogen (secondary N) is 1. The molecule has 36 heavy (non-hydrogen) atoms. The Morgan fingerprint density at radius 1 is 1.22 bits per heavy atom. The van der Waals surface area contributed by atoms with Crippen molar-refractivity contribution < 1.29 is 14.3 Å². The zero-order valence-corrected chi connectivity index (χ0v) is 20.5. The minimum Gasteiger partial charge on any atom is -0.493 e. The Hall–Kier alpha value is -4.25. The smallest absolute Gasteiger partial charge is 0.411 e. The number of fused-ring (bicyclic) bond motifs is 1. The van der Waals surface area contributed by atoms with Gasteiger partial charge in [-0.25, -0.2) is 4.79 Å². The van der Waals surface area contributed by atoms with Gasteiger partial charge in [-0.3, -0.25) is 10.00 Å². The van der Waals surface area contributed by atoms with Crippen molar-refractivity contribution in [1.29, 1.82) is 5.26 Å². The van der Waals surface area contributed by atoms with Crippen molar-refractivity contribution in [1.82, 2.24) is 14.3 Å². The van der Waals surface area contributed by atoms with Crippen molar-refractivity contribution in [3.8, 4) is 23.1 Å². The summed E-state index contributed by atoms with van der Waals surface area (Å²) < 4.78 is 15.4. The predicted molar refractivity (Wildman–Crippen MR) is 138 cm³/mol. The molecule has 2 heterocycles. The Kier molecular flexibility index (Phi) is 6.63. The van der Waals surface area contributed by atoms with E-state index in [0.29, 0.717) is 23.9 Å². The Morgan fingerprint density at radius 2 is 2.03 bits per heavy atom. The van der Waals surface area contributed by atoms with Crippen LogP contribution in [0.25, 0.3) is 22.2 Å². The molecule has 1 aliphatic rings. The van der Waals surface area contributed by atoms with E-state index < -0.39 is 6.09 Å². The molecule has 2 aromatic heterocycles. The highest BCUT2D eigenvalue weighted by Crippen LogP contribution is 2.45. The number of carbonyl (C=O) groups excluding carboxylic acids is 1. The van der Waals surface area contributed by atoms with Crippen molar-refractivity contribution in [2.24, 2.45) is 0 Å². The van der Waals surface area contributed by atoms with Gasteiger partial charge in [-0.15, -0.1) is 0 Å². The van der Waals surface area contributed by atoms with E-state index in [2.05, 4.69) is 21.1 Å². The average molecular weight is 484 g/mol. The van der Waals surface area contributed by atoms with Gasteiger partial charge < -0.3 is 14.0 Å². The van der Waals surface area contributed by atoms with Gasteiger partial charge in [0.2, 0.25) is 0 Å². The number of amides is 1. The molecular formula is C28H29N5O3. The topological polar surface area (TPSA) is 94.1 Å². The first kappa shape index (κ1) is 23.5. The lowest BCUT2D eigenvalue weighted by molar-refractivity contribution is 0.130. The number of aryl methyl sites for hydroxylation is 1. The summed E-state index contributed by atoms with van der Waals surface area (Å²) in [5.41, 5.74) is 4.14. The molecule has 1 N–H and O–H groups in total. The summed E-state index contributed by atoms with van der Waals surface area (Å²) in [6.07, 6.45) is 6.05. The fraction of sp³-hybridized carbons (Fsp3) is 0.321. The quantitative estimate of drug-likeness (QED) is 0.289. The Morgan fingerprint density at radius 3 is 2.69 bits per heavy atom. The van der Waals surface area contributed by atoms with Gasteiger partial charge in [0, 0.05) is 48.5 Å². The van der Waals surface area contributed by atoms with E-state index in [-0.39, 0.29) is 6.10 Å². The number of carbonyl (C=O) groups is 1. The molecule has 1 amide bonds. The van der Waals surface area contributed by atoms with Gasteiger partial charge in [0.1, 0.15) is 11.8 Å². The lowest BCUT2D eigenvalue weighted by atomic mass is 10.1. The van der Waals surface area contributed by atoms with Gasteiger partial charge in [-0.2, -0.15) is 10.4 Å². The normalized spacial score (nSPS) is 13.1. The van der Waals surface area contributed by atoms with Gasteiger partial charge in [-0.05, 0) is 62.6 Å². The number of hydrogen-bond acceptors (Lipinski definition) is 5. The molecule has 5 rings (SSSR count). The largest absolute Gasteiger partial charge is 0.493 e. The maximum atomic E-state index is 11.9. The van der Waals surface area contributed by atoms with Crippen molar-refractivity contribution in [3.05, 3.63) is 66.5 Å². The van der Waals surface area contributed by atoms with E-state index in [9.17, 15) is 10.1 Å². The van der Waals surface area contributed by atoms with E-state index in [1.807, 2.05) is 59.4 Å². The molecule has 8 nitrogen and oxygen atoms in total. The summed E-state index contributed by atoms with van der Waals surface area (Å²) in [4.78, 5) is 11.9. The third kappa shape index (κ3) is 5.05. The van der Waals surface area contributed by atoms with Crippen LogP contribution >= 0.6 is 0 Å². The van der Waals surface area contributed by atoms with Crippen LogP contribution in [-0.2, 0) is 11.3 Å². The fourth-order valence-electron chi connectivity index (χ4n) is 4.41. The lowest BCUT2D eigenvalue weighted by Crippen LogP contribution is -2.17. The maximum Gasteiger partial charge on any atom is 0.411 e. The molecule has 0 atom stereocenters. The van der Waals surface area contributed by atoms with Crippen LogP contribution in [0.5, 0.6) is 5.75 Å². The highest BCUT2D eigenvalue weighted by atomic mass is 16.6. The van der Waals surface area contributed by atoms with Crippen LogP contribution in [0.2, 0.25) is 0 Å². The second kappa shape index (κ2) is 10.2. The number of anilines is 1. The van der Waals surface area contributed by atoms with Gasteiger partial charge in [0.25, 0.3) is 0 Å². The summed E-state index contributed by atoms with van der Waals surface area (Å²) in [5.74, 6) is 0.793. The molecule has 0 bridgehead atoms. The highest BCUT2D eigenvalue weighted by Gasteiger charge is 2.30. The van der Waals surface area contributed by atoms with Crippen LogP contribution in [0.15, 0.2) is 60.9 Å². The summed E-state index contributed by atoms with van der Waals surface area (Å²) in [5, 5.41) is 18.0. The van der Waals surface area contributed by atoms with Crippen LogP contribution in [0, 0.1) is 11.3 Å². The standard InChI is InChI=1S/C28H29N5O3/c1-19(2)36-28(34)31-21-7-5-20(6-8-21)27-25(18-29)24-12-11-23(17-26(24)33(27)22-9-10-22)35-16-4-15-32-14-3-13-30-32/h3,5-8,11-14,17,19,22H,4,9-10,15-16H2,1-2H3,(H,31,34). The zero-order chi connectivity index (χ0) is 25.1. The summed E-state index contributed by atoms with van der Waals surface area (Å²) in [6, 6.07) is 18.2. The molecule has 8 heteroatoms. The second-order valence-electron chi connectivity index (χ2n) is 9.24. The number of hydrogen-bond donors (Lipinski definition) is 1. The molecule has 1 saturated carbocycles. The molecule has 2 aromatic carbocycles. The first-order valence-electron chi connectivity index (χ1n) is 12.3. The van der Waals surface area contributed by atoms with Crippen LogP contribution < -0.4 is 10.1 Å². The number of nitriles is 1. The molecule has 4 aromatic rings. The minimum absolute atomic E-state index is 0.193. The fourth-order valence-corrected chi connectivity index (χ4v) is 4.41. The van der Waals surface area contributed by atoms with E-state index in [1.54, 1.807) is 20.0 Å². The molecule has 1 fully saturated rings. The van der Waals surface area contributed by atoms with Gasteiger partial charge >= 0.3 is 6.09 Å². The number of benzene rings is 2. The Balaban J connectivity index is 1.40. The summed E-state index contributed by atoms with van der Waals surface area (Å²) in [6.45, 7) is 5.00. The lowest BCUT2D eigenvalue weighted by Gasteiger charge is -2.13. The Bertz CT molecular complexity index is 1390. The molecule has 184 valence electrons. The Labute approximate surface area is 210 Å². The van der Waals surface area contributed by atoms with Gasteiger partial charge in [-0.1, -0.05) is 12.1 Å². The molecular weight excluding hydrogens is 454 g/mol. The average Bonchev–Trinajstić information content (AvgIpc) is 3.45. The number of ether oxygens (including phenoxy) is 2. The van der Waals surface area contributed by atoms with E-state index in [1.165, 1.54) is 0 Å². The van der Waals surface area contributed by atoms with Crippen LogP contribution in [-0.4, -0.2) is 33.2 Å². The monoisotopic (exact) mass is 483 g/mol. The van der Waals surface area contributed by atoms with Crippen molar-refractivity contribution in [2.45, 2.75) is 51.8 Å². The third-order valence-corrected chi connectivity index (χ3v) is 6.11. The summed E-state index contributed by atoms with van der Waals surface area (Å²) in [7, 11) is 0. The molecule has 0 unspecified atom stereocenters. The van der Waals surface area contributed by atoms with Crippen molar-refractivity contribution >= 4 is 22.7 Å². The predicted octanol–water partition coefficient (Wildman–Crippen LogP) is 6.14. The number of rotatable bonds is 9. The van der Waals surface area contributed by atoms with E-state index in [0.717, 1.165) is 53.7 Å². The van der Waals surface area contributed by atoms with Gasteiger partial charge in [0.15, 0.2) is 0 Å². The first-order valence-corrected chi connectivity index (χ1v) is 12.3. The van der Waals surface area contributed by atoms with E-state index >= 15 is 0 Å². The number of nitrogens with zero attached hydrogens (tertiary/aromatic N) is 4. The highest BCUT2D eigenvalue weighted by molar-refractivity contribution is 5.96. The first-order chi connectivity index (χ1) is 17.5. The summed E-state index contributed by atoms with van der Waals surface area (Å²) >= 11 is 0. The number of aromatic nitrogens is 3. The third-order valence-electron chi connectivity index (χ3n) is 6.11. The van der Waals surface area contributed by atoms with Crippen LogP contribution in [0.1, 0.15) is 44.7 Å². The second-order valence-corrected chi connectivity index (χ2v) is 9.24. The van der Waals surface area contributed by atoms with Crippen molar-refractivity contribution in [2.75, 3.05) is 11.9 Å². The maximum absolute atomic E-state index is 11.9. The molecule has 0 spiro atoms. The molecule has 0 saturated heterocycles. The minimum atomic E-state index is -0.486. The van der Waals surface area contributed by atoms with Crippen LogP contribution in [0.4, 0.5) is 10.5 Å². The SMILES string of the molecule is CC(C)OC(=O)Nc1ccc(-c2c(C#N)c3ccc(OCCCn4cccn4)cc3n2C2CC2)cc1.